The highest BCUT2D eigenvalue weighted by Gasteiger charge is 2.16. The number of amides is 1. The Labute approximate surface area is 131 Å². The number of halogens is 1. The molecule has 2 fully saturated rings. The van der Waals surface area contributed by atoms with Gasteiger partial charge in [-0.15, -0.1) is 5.10 Å². The molecule has 0 aromatic heterocycles. The van der Waals surface area contributed by atoms with E-state index in [4.69, 9.17) is 4.74 Å². The highest BCUT2D eigenvalue weighted by atomic mass is 32.2. The van der Waals surface area contributed by atoms with Crippen LogP contribution in [-0.2, 0) is 9.53 Å². The minimum absolute atomic E-state index is 0.0845. The van der Waals surface area contributed by atoms with Gasteiger partial charge in [-0.05, 0) is 18.2 Å². The van der Waals surface area contributed by atoms with Crippen LogP contribution in [0.15, 0.2) is 28.4 Å². The molecule has 1 amide bonds. The van der Waals surface area contributed by atoms with E-state index in [0.717, 1.165) is 18.8 Å². The third-order valence-electron chi connectivity index (χ3n) is 3.27. The minimum atomic E-state index is -0.324. The number of thioether (sulfide) groups is 1. The van der Waals surface area contributed by atoms with E-state index in [0.29, 0.717) is 29.7 Å². The van der Waals surface area contributed by atoms with Crippen molar-refractivity contribution < 1.29 is 13.9 Å². The molecule has 3 rings (SSSR count). The SMILES string of the molecule is O=C1CSC(=NN=Cc2cc(F)ccc2N2CCOCC2)N1. The predicted molar refractivity (Wildman–Crippen MR) is 85.1 cm³/mol. The number of carbonyl (C=O) groups is 1. The topological polar surface area (TPSA) is 66.3 Å². The first-order valence-corrected chi connectivity index (χ1v) is 7.87. The van der Waals surface area contributed by atoms with Crippen LogP contribution in [-0.4, -0.2) is 49.3 Å². The molecule has 22 heavy (non-hydrogen) atoms. The van der Waals surface area contributed by atoms with Gasteiger partial charge in [0, 0.05) is 24.3 Å². The highest BCUT2D eigenvalue weighted by Crippen LogP contribution is 2.21. The Bertz CT molecular complexity index is 629. The number of nitrogens with one attached hydrogen (secondary N) is 1. The minimum Gasteiger partial charge on any atom is -0.378 e. The molecule has 1 aromatic carbocycles. The summed E-state index contributed by atoms with van der Waals surface area (Å²) in [6.07, 6.45) is 1.51. The van der Waals surface area contributed by atoms with Crippen molar-refractivity contribution in [2.24, 2.45) is 10.2 Å². The fourth-order valence-corrected chi connectivity index (χ4v) is 2.87. The molecule has 2 heterocycles. The quantitative estimate of drug-likeness (QED) is 0.671. The summed E-state index contributed by atoms with van der Waals surface area (Å²) in [7, 11) is 0. The summed E-state index contributed by atoms with van der Waals surface area (Å²) in [5.74, 6) is -0.0544. The van der Waals surface area contributed by atoms with Gasteiger partial charge < -0.3 is 15.0 Å². The number of morpholine rings is 1. The molecule has 2 aliphatic heterocycles. The van der Waals surface area contributed by atoms with Gasteiger partial charge in [-0.3, -0.25) is 4.79 Å². The zero-order chi connectivity index (χ0) is 15.4. The van der Waals surface area contributed by atoms with Crippen LogP contribution in [0.1, 0.15) is 5.56 Å². The van der Waals surface area contributed by atoms with E-state index in [-0.39, 0.29) is 11.7 Å². The van der Waals surface area contributed by atoms with Gasteiger partial charge in [0.05, 0.1) is 25.2 Å². The van der Waals surface area contributed by atoms with Gasteiger partial charge >= 0.3 is 0 Å². The molecule has 0 unspecified atom stereocenters. The van der Waals surface area contributed by atoms with E-state index >= 15 is 0 Å². The Morgan fingerprint density at radius 1 is 1.36 bits per heavy atom. The highest BCUT2D eigenvalue weighted by molar-refractivity contribution is 8.15. The Balaban J connectivity index is 1.79. The molecule has 0 atom stereocenters. The molecule has 0 aliphatic carbocycles. The Kier molecular flexibility index (Phi) is 4.69. The van der Waals surface area contributed by atoms with Crippen molar-refractivity contribution in [2.75, 3.05) is 37.0 Å². The third-order valence-corrected chi connectivity index (χ3v) is 4.14. The molecule has 8 heteroatoms. The molecule has 1 aromatic rings. The second-order valence-electron chi connectivity index (χ2n) is 4.79. The molecule has 2 saturated heterocycles. The van der Waals surface area contributed by atoms with Gasteiger partial charge in [0.25, 0.3) is 0 Å². The number of benzene rings is 1. The summed E-state index contributed by atoms with van der Waals surface area (Å²) >= 11 is 1.30. The number of anilines is 1. The van der Waals surface area contributed by atoms with Crippen molar-refractivity contribution in [3.63, 3.8) is 0 Å². The van der Waals surface area contributed by atoms with Crippen LogP contribution < -0.4 is 10.2 Å². The van der Waals surface area contributed by atoms with Crippen LogP contribution in [0.4, 0.5) is 10.1 Å². The molecule has 2 aliphatic rings. The summed E-state index contributed by atoms with van der Waals surface area (Å²) in [6.45, 7) is 2.82. The third kappa shape index (κ3) is 3.63. The number of ether oxygens (including phenoxy) is 1. The molecular formula is C14H15FN4O2S. The standard InChI is InChI=1S/C14H15FN4O2S/c15-11-1-2-12(19-3-5-21-6-4-19)10(7-11)8-16-18-14-17-13(20)9-22-14/h1-2,7-8H,3-6,9H2,(H,17,18,20). The number of hydrogen-bond acceptors (Lipinski definition) is 6. The van der Waals surface area contributed by atoms with Crippen LogP contribution in [0.5, 0.6) is 0 Å². The maximum Gasteiger partial charge on any atom is 0.236 e. The monoisotopic (exact) mass is 322 g/mol. The van der Waals surface area contributed by atoms with E-state index in [1.54, 1.807) is 6.07 Å². The van der Waals surface area contributed by atoms with Gasteiger partial charge in [-0.1, -0.05) is 11.8 Å². The van der Waals surface area contributed by atoms with Crippen LogP contribution in [0.3, 0.4) is 0 Å². The van der Waals surface area contributed by atoms with E-state index in [9.17, 15) is 9.18 Å². The van der Waals surface area contributed by atoms with Crippen molar-refractivity contribution in [3.05, 3.63) is 29.6 Å². The first kappa shape index (κ1) is 15.0. The zero-order valence-corrected chi connectivity index (χ0v) is 12.6. The van der Waals surface area contributed by atoms with Crippen molar-refractivity contribution >= 4 is 34.7 Å². The molecule has 116 valence electrons. The number of nitrogens with zero attached hydrogens (tertiary/aromatic N) is 3. The Hall–Kier alpha value is -1.93. The van der Waals surface area contributed by atoms with Crippen molar-refractivity contribution in [2.45, 2.75) is 0 Å². The lowest BCUT2D eigenvalue weighted by atomic mass is 10.1. The second-order valence-corrected chi connectivity index (χ2v) is 5.75. The maximum atomic E-state index is 13.5. The van der Waals surface area contributed by atoms with E-state index in [2.05, 4.69) is 20.4 Å². The van der Waals surface area contributed by atoms with E-state index in [1.807, 2.05) is 0 Å². The van der Waals surface area contributed by atoms with Gasteiger partial charge in [-0.2, -0.15) is 5.10 Å². The zero-order valence-electron chi connectivity index (χ0n) is 11.8. The number of hydrogen-bond donors (Lipinski definition) is 1. The van der Waals surface area contributed by atoms with Gasteiger partial charge in [-0.25, -0.2) is 4.39 Å². The summed E-state index contributed by atoms with van der Waals surface area (Å²) in [4.78, 5) is 13.2. The Morgan fingerprint density at radius 2 is 2.18 bits per heavy atom. The fourth-order valence-electron chi connectivity index (χ4n) is 2.24. The fraction of sp³-hybridized carbons (Fsp3) is 0.357. The average Bonchev–Trinajstić information content (AvgIpc) is 2.94. The van der Waals surface area contributed by atoms with E-state index < -0.39 is 0 Å². The van der Waals surface area contributed by atoms with Crippen LogP contribution >= 0.6 is 11.8 Å². The van der Waals surface area contributed by atoms with Gasteiger partial charge in [0.2, 0.25) is 5.91 Å². The summed E-state index contributed by atoms with van der Waals surface area (Å²) in [5, 5.41) is 10.9. The summed E-state index contributed by atoms with van der Waals surface area (Å²) < 4.78 is 18.8. The number of carbonyl (C=O) groups excluding carboxylic acids is 1. The molecular weight excluding hydrogens is 307 g/mol. The largest absolute Gasteiger partial charge is 0.378 e. The van der Waals surface area contributed by atoms with Gasteiger partial charge in [0.1, 0.15) is 5.82 Å². The van der Waals surface area contributed by atoms with Crippen molar-refractivity contribution in [3.8, 4) is 0 Å². The summed E-state index contributed by atoms with van der Waals surface area (Å²) in [5.41, 5.74) is 1.55. The predicted octanol–water partition coefficient (Wildman–Crippen LogP) is 1.22. The van der Waals surface area contributed by atoms with Crippen LogP contribution in [0.25, 0.3) is 0 Å². The normalized spacial score (nSPS) is 20.9. The lowest BCUT2D eigenvalue weighted by molar-refractivity contribution is -0.116. The average molecular weight is 322 g/mol. The van der Waals surface area contributed by atoms with Crippen LogP contribution in [0, 0.1) is 5.82 Å². The molecule has 6 nitrogen and oxygen atoms in total. The lowest BCUT2D eigenvalue weighted by Gasteiger charge is -2.30. The van der Waals surface area contributed by atoms with Gasteiger partial charge in [0.15, 0.2) is 5.17 Å². The first-order valence-electron chi connectivity index (χ1n) is 6.88. The molecule has 0 saturated carbocycles. The first-order chi connectivity index (χ1) is 10.7. The summed E-state index contributed by atoms with van der Waals surface area (Å²) in [6, 6.07) is 4.59. The maximum absolute atomic E-state index is 13.5. The smallest absolute Gasteiger partial charge is 0.236 e. The molecule has 1 N–H and O–H groups in total. The number of rotatable bonds is 3. The second kappa shape index (κ2) is 6.89. The number of amidine groups is 1. The van der Waals surface area contributed by atoms with E-state index in [1.165, 1.54) is 30.1 Å². The molecule has 0 spiro atoms. The lowest BCUT2D eigenvalue weighted by Crippen LogP contribution is -2.36. The van der Waals surface area contributed by atoms with Crippen molar-refractivity contribution in [1.82, 2.24) is 5.32 Å². The molecule has 0 bridgehead atoms. The van der Waals surface area contributed by atoms with Crippen molar-refractivity contribution in [1.29, 1.82) is 0 Å². The Morgan fingerprint density at radius 3 is 2.91 bits per heavy atom. The van der Waals surface area contributed by atoms with Crippen LogP contribution in [0.2, 0.25) is 0 Å². The molecule has 0 radical (unpaired) electrons.